The van der Waals surface area contributed by atoms with Gasteiger partial charge in [-0.3, -0.25) is 0 Å². The zero-order chi connectivity index (χ0) is 20.2. The predicted molar refractivity (Wildman–Crippen MR) is 119 cm³/mol. The molecular formula is C25H24ClFN2. The molecule has 0 aliphatic rings. The Bertz CT molecular complexity index is 1130. The van der Waals surface area contributed by atoms with Gasteiger partial charge in [0.2, 0.25) is 0 Å². The molecule has 0 aliphatic carbocycles. The van der Waals surface area contributed by atoms with Crippen molar-refractivity contribution in [3.05, 3.63) is 106 Å². The number of benzene rings is 3. The topological polar surface area (TPSA) is 17.0 Å². The SMILES string of the molecule is Cc1c(CNCCc2ccccc2F)c2ccccc2n1Cc1ccccc1Cl. The second kappa shape index (κ2) is 8.81. The smallest absolute Gasteiger partial charge is 0.126 e. The third-order valence-electron chi connectivity index (χ3n) is 5.48. The Hall–Kier alpha value is -2.62. The number of para-hydroxylation sites is 1. The molecule has 0 aliphatic heterocycles. The molecule has 0 amide bonds. The number of hydrogen-bond acceptors (Lipinski definition) is 1. The number of fused-ring (bicyclic) bond motifs is 1. The molecule has 1 heterocycles. The van der Waals surface area contributed by atoms with Crippen LogP contribution in [0.4, 0.5) is 4.39 Å². The second-order valence-corrected chi connectivity index (χ2v) is 7.68. The van der Waals surface area contributed by atoms with Gasteiger partial charge < -0.3 is 9.88 Å². The summed E-state index contributed by atoms with van der Waals surface area (Å²) in [4.78, 5) is 0. The average molecular weight is 407 g/mol. The third-order valence-corrected chi connectivity index (χ3v) is 5.85. The standard InChI is InChI=1S/C25H24ClFN2/c1-18-22(16-28-15-14-19-8-3-6-12-24(19)27)21-10-4-7-13-25(21)29(18)17-20-9-2-5-11-23(20)26/h2-13,28H,14-17H2,1H3. The highest BCUT2D eigenvalue weighted by molar-refractivity contribution is 6.31. The van der Waals surface area contributed by atoms with E-state index < -0.39 is 0 Å². The highest BCUT2D eigenvalue weighted by Crippen LogP contribution is 2.28. The molecule has 0 spiro atoms. The number of rotatable bonds is 7. The molecule has 0 unspecified atom stereocenters. The minimum Gasteiger partial charge on any atom is -0.340 e. The first-order valence-corrected chi connectivity index (χ1v) is 10.3. The predicted octanol–water partition coefficient (Wildman–Crippen LogP) is 6.12. The summed E-state index contributed by atoms with van der Waals surface area (Å²) < 4.78 is 16.1. The summed E-state index contributed by atoms with van der Waals surface area (Å²) in [5.74, 6) is -0.137. The molecule has 0 fully saturated rings. The zero-order valence-electron chi connectivity index (χ0n) is 16.5. The second-order valence-electron chi connectivity index (χ2n) is 7.28. The number of halogens is 2. The van der Waals surface area contributed by atoms with E-state index in [1.807, 2.05) is 30.3 Å². The van der Waals surface area contributed by atoms with Gasteiger partial charge in [0.1, 0.15) is 5.82 Å². The van der Waals surface area contributed by atoms with Crippen molar-refractivity contribution < 1.29 is 4.39 Å². The van der Waals surface area contributed by atoms with Gasteiger partial charge in [-0.25, -0.2) is 4.39 Å². The van der Waals surface area contributed by atoms with Crippen LogP contribution in [-0.2, 0) is 19.5 Å². The van der Waals surface area contributed by atoms with Crippen LogP contribution in [0.3, 0.4) is 0 Å². The zero-order valence-corrected chi connectivity index (χ0v) is 17.2. The van der Waals surface area contributed by atoms with Gasteiger partial charge in [0, 0.05) is 34.7 Å². The Kier molecular flexibility index (Phi) is 5.98. The maximum atomic E-state index is 13.8. The highest BCUT2D eigenvalue weighted by Gasteiger charge is 2.14. The molecule has 4 aromatic rings. The first kappa shape index (κ1) is 19.7. The first-order valence-electron chi connectivity index (χ1n) is 9.89. The minimum absolute atomic E-state index is 0.137. The van der Waals surface area contributed by atoms with Crippen molar-refractivity contribution >= 4 is 22.5 Å². The van der Waals surface area contributed by atoms with Gasteiger partial charge in [-0.2, -0.15) is 0 Å². The van der Waals surface area contributed by atoms with Gasteiger partial charge in [0.05, 0.1) is 0 Å². The van der Waals surface area contributed by atoms with Crippen LogP contribution in [0.5, 0.6) is 0 Å². The molecule has 3 aromatic carbocycles. The molecule has 1 N–H and O–H groups in total. The van der Waals surface area contributed by atoms with Gasteiger partial charge >= 0.3 is 0 Å². The Morgan fingerprint density at radius 3 is 2.38 bits per heavy atom. The van der Waals surface area contributed by atoms with E-state index >= 15 is 0 Å². The van der Waals surface area contributed by atoms with Crippen molar-refractivity contribution in [2.45, 2.75) is 26.4 Å². The fourth-order valence-corrected chi connectivity index (χ4v) is 4.06. The maximum absolute atomic E-state index is 13.8. The Labute approximate surface area is 175 Å². The highest BCUT2D eigenvalue weighted by atomic mass is 35.5. The van der Waals surface area contributed by atoms with Crippen molar-refractivity contribution in [1.82, 2.24) is 9.88 Å². The molecule has 148 valence electrons. The van der Waals surface area contributed by atoms with Crippen molar-refractivity contribution in [1.29, 1.82) is 0 Å². The molecule has 0 saturated carbocycles. The fourth-order valence-electron chi connectivity index (χ4n) is 3.86. The number of aromatic nitrogens is 1. The van der Waals surface area contributed by atoms with Crippen LogP contribution in [-0.4, -0.2) is 11.1 Å². The third kappa shape index (κ3) is 4.21. The Balaban J connectivity index is 1.54. The Morgan fingerprint density at radius 1 is 0.897 bits per heavy atom. The van der Waals surface area contributed by atoms with E-state index in [4.69, 9.17) is 11.6 Å². The van der Waals surface area contributed by atoms with E-state index in [9.17, 15) is 4.39 Å². The molecular weight excluding hydrogens is 383 g/mol. The molecule has 0 bridgehead atoms. The summed E-state index contributed by atoms with van der Waals surface area (Å²) in [5, 5.41) is 5.52. The van der Waals surface area contributed by atoms with Crippen molar-refractivity contribution in [2.75, 3.05) is 6.54 Å². The molecule has 0 radical (unpaired) electrons. The van der Waals surface area contributed by atoms with E-state index in [0.29, 0.717) is 6.42 Å². The van der Waals surface area contributed by atoms with Gasteiger partial charge in [0.25, 0.3) is 0 Å². The normalized spacial score (nSPS) is 11.3. The number of nitrogens with one attached hydrogen (secondary N) is 1. The summed E-state index contributed by atoms with van der Waals surface area (Å²) in [6, 6.07) is 23.4. The van der Waals surface area contributed by atoms with Crippen LogP contribution in [0.2, 0.25) is 5.02 Å². The molecule has 4 heteroatoms. The maximum Gasteiger partial charge on any atom is 0.126 e. The summed E-state index contributed by atoms with van der Waals surface area (Å²) in [6.45, 7) is 4.37. The molecule has 1 aromatic heterocycles. The van der Waals surface area contributed by atoms with E-state index in [0.717, 1.165) is 35.8 Å². The number of hydrogen-bond donors (Lipinski definition) is 1. The van der Waals surface area contributed by atoms with Gasteiger partial charge in [-0.1, -0.05) is 66.2 Å². The van der Waals surface area contributed by atoms with E-state index in [-0.39, 0.29) is 5.82 Å². The summed E-state index contributed by atoms with van der Waals surface area (Å²) in [6.07, 6.45) is 0.671. The lowest BCUT2D eigenvalue weighted by molar-refractivity contribution is 0.597. The minimum atomic E-state index is -0.137. The lowest BCUT2D eigenvalue weighted by atomic mass is 10.1. The van der Waals surface area contributed by atoms with Crippen LogP contribution in [0.15, 0.2) is 72.8 Å². The van der Waals surface area contributed by atoms with Gasteiger partial charge in [0.15, 0.2) is 0 Å². The van der Waals surface area contributed by atoms with Crippen LogP contribution in [0.1, 0.15) is 22.4 Å². The fraction of sp³-hybridized carbons (Fsp3) is 0.200. The number of nitrogens with zero attached hydrogens (tertiary/aromatic N) is 1. The summed E-state index contributed by atoms with van der Waals surface area (Å²) in [5.41, 5.74) is 5.57. The van der Waals surface area contributed by atoms with Crippen molar-refractivity contribution in [2.24, 2.45) is 0 Å². The summed E-state index contributed by atoms with van der Waals surface area (Å²) in [7, 11) is 0. The van der Waals surface area contributed by atoms with Crippen molar-refractivity contribution in [3.8, 4) is 0 Å². The molecule has 2 nitrogen and oxygen atoms in total. The van der Waals surface area contributed by atoms with Crippen LogP contribution in [0, 0.1) is 12.7 Å². The van der Waals surface area contributed by atoms with Crippen LogP contribution >= 0.6 is 11.6 Å². The monoisotopic (exact) mass is 406 g/mol. The lowest BCUT2D eigenvalue weighted by Gasteiger charge is -2.11. The molecule has 0 atom stereocenters. The Morgan fingerprint density at radius 2 is 1.59 bits per heavy atom. The first-order chi connectivity index (χ1) is 14.1. The van der Waals surface area contributed by atoms with E-state index in [2.05, 4.69) is 47.1 Å². The quantitative estimate of drug-likeness (QED) is 0.366. The lowest BCUT2D eigenvalue weighted by Crippen LogP contribution is -2.17. The van der Waals surface area contributed by atoms with E-state index in [1.54, 1.807) is 6.07 Å². The molecule has 4 rings (SSSR count). The largest absolute Gasteiger partial charge is 0.340 e. The van der Waals surface area contributed by atoms with Crippen LogP contribution in [0.25, 0.3) is 10.9 Å². The molecule has 0 saturated heterocycles. The van der Waals surface area contributed by atoms with E-state index in [1.165, 1.54) is 28.2 Å². The van der Waals surface area contributed by atoms with Gasteiger partial charge in [-0.05, 0) is 54.8 Å². The van der Waals surface area contributed by atoms with Gasteiger partial charge in [-0.15, -0.1) is 0 Å². The summed E-state index contributed by atoms with van der Waals surface area (Å²) >= 11 is 6.40. The average Bonchev–Trinajstić information content (AvgIpc) is 3.00. The molecule has 29 heavy (non-hydrogen) atoms. The van der Waals surface area contributed by atoms with Crippen molar-refractivity contribution in [3.63, 3.8) is 0 Å². The van der Waals surface area contributed by atoms with Crippen LogP contribution < -0.4 is 5.32 Å².